The summed E-state index contributed by atoms with van der Waals surface area (Å²) in [5.74, 6) is -0.0117. The summed E-state index contributed by atoms with van der Waals surface area (Å²) < 4.78 is 4.95. The van der Waals surface area contributed by atoms with Crippen LogP contribution in [0.25, 0.3) is 0 Å². The minimum atomic E-state index is -0.551. The van der Waals surface area contributed by atoms with E-state index in [4.69, 9.17) is 10.5 Å². The van der Waals surface area contributed by atoms with Gasteiger partial charge in [-0.15, -0.1) is 11.3 Å². The maximum atomic E-state index is 12.2. The van der Waals surface area contributed by atoms with Gasteiger partial charge < -0.3 is 15.4 Å². The highest BCUT2D eigenvalue weighted by molar-refractivity contribution is 7.07. The zero-order valence-corrected chi connectivity index (χ0v) is 12.6. The Labute approximate surface area is 123 Å². The molecule has 2 N–H and O–H groups in total. The Morgan fingerprint density at radius 1 is 1.50 bits per heavy atom. The molecule has 1 aromatic heterocycles. The summed E-state index contributed by atoms with van der Waals surface area (Å²) in [6.45, 7) is 4.47. The lowest BCUT2D eigenvalue weighted by molar-refractivity contribution is -0.133. The second-order valence-electron chi connectivity index (χ2n) is 5.00. The second-order valence-corrected chi connectivity index (χ2v) is 5.72. The summed E-state index contributed by atoms with van der Waals surface area (Å²) in [5, 5.41) is 2.07. The van der Waals surface area contributed by atoms with Crippen molar-refractivity contribution in [3.63, 3.8) is 0 Å². The fraction of sp³-hybridized carbons (Fsp3) is 0.692. The van der Waals surface area contributed by atoms with Crippen molar-refractivity contribution < 1.29 is 9.53 Å². The number of hydrogen-bond donors (Lipinski definition) is 1. The summed E-state index contributed by atoms with van der Waals surface area (Å²) in [7, 11) is 1.56. The van der Waals surface area contributed by atoms with E-state index in [1.807, 2.05) is 10.4 Å². The first-order valence-corrected chi connectivity index (χ1v) is 7.77. The Hall–Kier alpha value is -1.02. The van der Waals surface area contributed by atoms with Crippen molar-refractivity contribution in [1.82, 2.24) is 14.8 Å². The van der Waals surface area contributed by atoms with Crippen LogP contribution in [0.4, 0.5) is 0 Å². The number of thiazole rings is 1. The van der Waals surface area contributed by atoms with Gasteiger partial charge in [-0.05, 0) is 6.42 Å². The van der Waals surface area contributed by atoms with Gasteiger partial charge >= 0.3 is 0 Å². The number of methoxy groups -OCH3 is 1. The van der Waals surface area contributed by atoms with Gasteiger partial charge in [0.1, 0.15) is 6.04 Å². The number of aromatic nitrogens is 1. The highest BCUT2D eigenvalue weighted by Crippen LogP contribution is 2.10. The summed E-state index contributed by atoms with van der Waals surface area (Å²) in [5.41, 5.74) is 8.77. The van der Waals surface area contributed by atoms with Gasteiger partial charge in [0.05, 0.1) is 17.8 Å². The smallest absolute Gasteiger partial charge is 0.241 e. The van der Waals surface area contributed by atoms with Crippen LogP contribution in [0.3, 0.4) is 0 Å². The number of rotatable bonds is 5. The molecule has 1 atom stereocenters. The van der Waals surface area contributed by atoms with Gasteiger partial charge in [0.2, 0.25) is 5.91 Å². The van der Waals surface area contributed by atoms with Gasteiger partial charge in [0, 0.05) is 45.2 Å². The molecule has 0 aliphatic carbocycles. The van der Waals surface area contributed by atoms with E-state index in [0.29, 0.717) is 0 Å². The Bertz CT molecular complexity index is 413. The Kier molecular flexibility index (Phi) is 5.90. The van der Waals surface area contributed by atoms with Gasteiger partial charge in [0.15, 0.2) is 0 Å². The van der Waals surface area contributed by atoms with Gasteiger partial charge in [-0.25, -0.2) is 4.98 Å². The van der Waals surface area contributed by atoms with Crippen molar-refractivity contribution in [3.8, 4) is 0 Å². The lowest BCUT2D eigenvalue weighted by Gasteiger charge is -2.24. The van der Waals surface area contributed by atoms with Gasteiger partial charge in [-0.1, -0.05) is 0 Å². The molecule has 20 heavy (non-hydrogen) atoms. The van der Waals surface area contributed by atoms with E-state index < -0.39 is 6.04 Å². The molecule has 0 saturated carbocycles. The fourth-order valence-corrected chi connectivity index (χ4v) is 2.93. The first-order chi connectivity index (χ1) is 9.70. The van der Waals surface area contributed by atoms with Crippen LogP contribution in [0, 0.1) is 0 Å². The van der Waals surface area contributed by atoms with Crippen molar-refractivity contribution in [3.05, 3.63) is 16.6 Å². The van der Waals surface area contributed by atoms with E-state index in [2.05, 4.69) is 15.3 Å². The van der Waals surface area contributed by atoms with Crippen molar-refractivity contribution in [1.29, 1.82) is 0 Å². The van der Waals surface area contributed by atoms with E-state index in [9.17, 15) is 4.79 Å². The monoisotopic (exact) mass is 298 g/mol. The quantitative estimate of drug-likeness (QED) is 0.838. The van der Waals surface area contributed by atoms with Crippen LogP contribution in [0.1, 0.15) is 12.1 Å². The fourth-order valence-electron chi connectivity index (χ4n) is 2.38. The lowest BCUT2D eigenvalue weighted by Crippen LogP contribution is -2.47. The number of carbonyl (C=O) groups is 1. The third-order valence-electron chi connectivity index (χ3n) is 3.43. The molecule has 7 heteroatoms. The van der Waals surface area contributed by atoms with E-state index in [-0.39, 0.29) is 12.5 Å². The van der Waals surface area contributed by atoms with Gasteiger partial charge in [0.25, 0.3) is 0 Å². The Balaban J connectivity index is 1.84. The third kappa shape index (κ3) is 4.24. The Morgan fingerprint density at radius 2 is 2.35 bits per heavy atom. The molecular weight excluding hydrogens is 276 g/mol. The highest BCUT2D eigenvalue weighted by Gasteiger charge is 2.23. The molecule has 1 saturated heterocycles. The predicted molar refractivity (Wildman–Crippen MR) is 78.4 cm³/mol. The average Bonchev–Trinajstić information content (AvgIpc) is 2.83. The van der Waals surface area contributed by atoms with Crippen LogP contribution in [-0.2, 0) is 16.1 Å². The van der Waals surface area contributed by atoms with Crippen LogP contribution in [0.5, 0.6) is 0 Å². The molecule has 0 spiro atoms. The predicted octanol–water partition coefficient (Wildman–Crippen LogP) is 0.151. The average molecular weight is 298 g/mol. The van der Waals surface area contributed by atoms with Crippen molar-refractivity contribution in [2.75, 3.05) is 39.9 Å². The molecule has 1 amide bonds. The molecule has 2 heterocycles. The highest BCUT2D eigenvalue weighted by atomic mass is 32.1. The first-order valence-electron chi connectivity index (χ1n) is 6.83. The second kappa shape index (κ2) is 7.68. The lowest BCUT2D eigenvalue weighted by atomic mass is 10.2. The zero-order valence-electron chi connectivity index (χ0n) is 11.8. The van der Waals surface area contributed by atoms with E-state index in [0.717, 1.165) is 44.8 Å². The maximum absolute atomic E-state index is 12.2. The molecular formula is C13H22N4O2S. The summed E-state index contributed by atoms with van der Waals surface area (Å²) in [6, 6.07) is -0.551. The number of hydrogen-bond acceptors (Lipinski definition) is 6. The molecule has 0 radical (unpaired) electrons. The number of carbonyl (C=O) groups excluding carboxylic acids is 1. The van der Waals surface area contributed by atoms with Crippen molar-refractivity contribution >= 4 is 17.2 Å². The van der Waals surface area contributed by atoms with E-state index in [1.165, 1.54) is 0 Å². The Morgan fingerprint density at radius 3 is 3.05 bits per heavy atom. The summed E-state index contributed by atoms with van der Waals surface area (Å²) >= 11 is 1.62. The molecule has 112 valence electrons. The van der Waals surface area contributed by atoms with Crippen molar-refractivity contribution in [2.24, 2.45) is 5.73 Å². The molecule has 1 unspecified atom stereocenters. The zero-order chi connectivity index (χ0) is 14.4. The largest absolute Gasteiger partial charge is 0.383 e. The van der Waals surface area contributed by atoms with Crippen LogP contribution in [-0.4, -0.2) is 66.6 Å². The van der Waals surface area contributed by atoms with E-state index in [1.54, 1.807) is 18.4 Å². The maximum Gasteiger partial charge on any atom is 0.241 e. The number of nitrogens with zero attached hydrogens (tertiary/aromatic N) is 3. The van der Waals surface area contributed by atoms with E-state index >= 15 is 0 Å². The third-order valence-corrected chi connectivity index (χ3v) is 4.07. The first kappa shape index (κ1) is 15.4. The SMILES string of the molecule is COCC(N)C(=O)N1CCCN(Cc2cscn2)CC1. The summed E-state index contributed by atoms with van der Waals surface area (Å²) in [6.07, 6.45) is 0.968. The standard InChI is InChI=1S/C13H22N4O2S/c1-19-8-12(14)13(18)17-4-2-3-16(5-6-17)7-11-9-20-10-15-11/h9-10,12H,2-8,14H2,1H3. The summed E-state index contributed by atoms with van der Waals surface area (Å²) in [4.78, 5) is 20.7. The minimum Gasteiger partial charge on any atom is -0.383 e. The van der Waals surface area contributed by atoms with Crippen LogP contribution >= 0.6 is 11.3 Å². The molecule has 1 aliphatic heterocycles. The van der Waals surface area contributed by atoms with Crippen molar-refractivity contribution in [2.45, 2.75) is 19.0 Å². The molecule has 1 fully saturated rings. The van der Waals surface area contributed by atoms with Gasteiger partial charge in [-0.3, -0.25) is 9.69 Å². The topological polar surface area (TPSA) is 71.7 Å². The molecule has 6 nitrogen and oxygen atoms in total. The minimum absolute atomic E-state index is 0.0117. The molecule has 2 rings (SSSR count). The normalized spacial score (nSPS) is 18.8. The number of nitrogens with two attached hydrogens (primary N) is 1. The van der Waals surface area contributed by atoms with Crippen LogP contribution in [0.2, 0.25) is 0 Å². The number of amides is 1. The molecule has 1 aromatic rings. The molecule has 0 bridgehead atoms. The van der Waals surface area contributed by atoms with Gasteiger partial charge in [-0.2, -0.15) is 0 Å². The molecule has 1 aliphatic rings. The van der Waals surface area contributed by atoms with Crippen LogP contribution in [0.15, 0.2) is 10.9 Å². The van der Waals surface area contributed by atoms with Crippen LogP contribution < -0.4 is 5.73 Å². The number of ether oxygens (including phenoxy) is 1. The molecule has 0 aromatic carbocycles.